The normalized spacial score (nSPS) is 12.1. The van der Waals surface area contributed by atoms with Gasteiger partial charge in [-0.25, -0.2) is 9.97 Å². The van der Waals surface area contributed by atoms with E-state index in [1.807, 2.05) is 20.8 Å². The Labute approximate surface area is 119 Å². The van der Waals surface area contributed by atoms with Crippen molar-refractivity contribution in [2.75, 3.05) is 11.9 Å². The number of halogens is 1. The van der Waals surface area contributed by atoms with Gasteiger partial charge in [-0.05, 0) is 27.2 Å². The van der Waals surface area contributed by atoms with Gasteiger partial charge < -0.3 is 10.6 Å². The maximum Gasteiger partial charge on any atom is 0.221 e. The molecule has 0 saturated heterocycles. The minimum atomic E-state index is 0.0383. The summed E-state index contributed by atoms with van der Waals surface area (Å²) in [6.07, 6.45) is 1.34. The Hall–Kier alpha value is -1.36. The molecule has 0 aliphatic carbocycles. The van der Waals surface area contributed by atoms with Crippen LogP contribution in [0.25, 0.3) is 0 Å². The topological polar surface area (TPSA) is 66.9 Å². The highest BCUT2D eigenvalue weighted by Gasteiger charge is 2.08. The molecule has 0 aromatic carbocycles. The Morgan fingerprint density at radius 3 is 2.68 bits per heavy atom. The summed E-state index contributed by atoms with van der Waals surface area (Å²) < 4.78 is 0. The van der Waals surface area contributed by atoms with Gasteiger partial charge in [0.15, 0.2) is 0 Å². The lowest BCUT2D eigenvalue weighted by Gasteiger charge is -2.13. The van der Waals surface area contributed by atoms with Gasteiger partial charge in [0.1, 0.15) is 16.8 Å². The Kier molecular flexibility index (Phi) is 6.02. The quantitative estimate of drug-likeness (QED) is 0.788. The fraction of sp³-hybridized carbons (Fsp3) is 0.615. The van der Waals surface area contributed by atoms with Crippen molar-refractivity contribution in [2.24, 2.45) is 0 Å². The summed E-state index contributed by atoms with van der Waals surface area (Å²) in [4.78, 5) is 19.9. The molecule has 5 nitrogen and oxygen atoms in total. The van der Waals surface area contributed by atoms with Crippen molar-refractivity contribution in [3.8, 4) is 0 Å². The second-order valence-corrected chi connectivity index (χ2v) is 4.95. The van der Waals surface area contributed by atoms with Crippen molar-refractivity contribution in [2.45, 2.75) is 46.6 Å². The van der Waals surface area contributed by atoms with Crippen LogP contribution in [0.15, 0.2) is 0 Å². The third-order valence-corrected chi connectivity index (χ3v) is 3.23. The van der Waals surface area contributed by atoms with Crippen LogP contribution in [0.5, 0.6) is 0 Å². The van der Waals surface area contributed by atoms with E-state index in [2.05, 4.69) is 20.6 Å². The molecule has 1 atom stereocenters. The third kappa shape index (κ3) is 5.03. The molecule has 0 aliphatic rings. The summed E-state index contributed by atoms with van der Waals surface area (Å²) in [5, 5.41) is 6.48. The molecule has 1 unspecified atom stereocenters. The van der Waals surface area contributed by atoms with E-state index in [0.29, 0.717) is 29.8 Å². The van der Waals surface area contributed by atoms with E-state index in [1.54, 1.807) is 6.92 Å². The lowest BCUT2D eigenvalue weighted by Crippen LogP contribution is -2.33. The number of aromatic nitrogens is 2. The van der Waals surface area contributed by atoms with Gasteiger partial charge in [0.25, 0.3) is 0 Å². The summed E-state index contributed by atoms with van der Waals surface area (Å²) >= 11 is 5.98. The third-order valence-electron chi connectivity index (χ3n) is 2.86. The molecular weight excluding hydrogens is 264 g/mol. The van der Waals surface area contributed by atoms with E-state index in [1.165, 1.54) is 0 Å². The fourth-order valence-electron chi connectivity index (χ4n) is 1.51. The number of rotatable bonds is 6. The maximum absolute atomic E-state index is 11.6. The van der Waals surface area contributed by atoms with Gasteiger partial charge in [-0.1, -0.05) is 18.5 Å². The van der Waals surface area contributed by atoms with Gasteiger partial charge in [-0.2, -0.15) is 0 Å². The summed E-state index contributed by atoms with van der Waals surface area (Å²) in [7, 11) is 0. The van der Waals surface area contributed by atoms with Crippen LogP contribution in [0.4, 0.5) is 5.82 Å². The van der Waals surface area contributed by atoms with E-state index in [4.69, 9.17) is 11.6 Å². The Bertz CT molecular complexity index is 451. The van der Waals surface area contributed by atoms with E-state index in [0.717, 1.165) is 12.0 Å². The van der Waals surface area contributed by atoms with Crippen LogP contribution in [0.2, 0.25) is 5.15 Å². The average Bonchev–Trinajstić information content (AvgIpc) is 2.34. The second-order valence-electron chi connectivity index (χ2n) is 4.59. The van der Waals surface area contributed by atoms with Gasteiger partial charge >= 0.3 is 0 Å². The first-order valence-electron chi connectivity index (χ1n) is 6.48. The van der Waals surface area contributed by atoms with Crippen molar-refractivity contribution in [1.29, 1.82) is 0 Å². The zero-order chi connectivity index (χ0) is 14.4. The summed E-state index contributed by atoms with van der Waals surface area (Å²) in [6.45, 7) is 8.19. The van der Waals surface area contributed by atoms with Crippen molar-refractivity contribution < 1.29 is 4.79 Å². The lowest BCUT2D eigenvalue weighted by molar-refractivity contribution is -0.121. The van der Waals surface area contributed by atoms with Gasteiger partial charge in [0.2, 0.25) is 5.91 Å². The first-order valence-corrected chi connectivity index (χ1v) is 6.85. The molecule has 0 spiro atoms. The van der Waals surface area contributed by atoms with Gasteiger partial charge in [0.05, 0.1) is 0 Å². The lowest BCUT2D eigenvalue weighted by atomic mass is 10.2. The van der Waals surface area contributed by atoms with E-state index in [9.17, 15) is 4.79 Å². The zero-order valence-corrected chi connectivity index (χ0v) is 12.6. The van der Waals surface area contributed by atoms with Crippen LogP contribution in [-0.2, 0) is 4.79 Å². The predicted molar refractivity (Wildman–Crippen MR) is 77.5 cm³/mol. The number of nitrogens with one attached hydrogen (secondary N) is 2. The molecule has 0 aliphatic heterocycles. The Morgan fingerprint density at radius 2 is 2.05 bits per heavy atom. The monoisotopic (exact) mass is 284 g/mol. The fourth-order valence-corrected chi connectivity index (χ4v) is 1.72. The number of nitrogens with zero attached hydrogens (tertiary/aromatic N) is 2. The predicted octanol–water partition coefficient (Wildman–Crippen LogP) is 2.46. The molecule has 1 heterocycles. The number of amides is 1. The molecule has 1 aromatic heterocycles. The molecule has 2 N–H and O–H groups in total. The van der Waals surface area contributed by atoms with Crippen molar-refractivity contribution in [3.63, 3.8) is 0 Å². The number of hydrogen-bond acceptors (Lipinski definition) is 4. The molecule has 0 saturated carbocycles. The van der Waals surface area contributed by atoms with E-state index < -0.39 is 0 Å². The molecule has 1 aromatic rings. The molecule has 1 rings (SSSR count). The van der Waals surface area contributed by atoms with Crippen molar-refractivity contribution in [3.05, 3.63) is 16.5 Å². The number of carbonyl (C=O) groups excluding carboxylic acids is 1. The highest BCUT2D eigenvalue weighted by atomic mass is 35.5. The molecule has 0 fully saturated rings. The molecule has 106 valence electrons. The van der Waals surface area contributed by atoms with Crippen LogP contribution in [0, 0.1) is 13.8 Å². The van der Waals surface area contributed by atoms with Crippen molar-refractivity contribution in [1.82, 2.24) is 15.3 Å². The summed E-state index contributed by atoms with van der Waals surface area (Å²) in [5.74, 6) is 1.34. The highest BCUT2D eigenvalue weighted by molar-refractivity contribution is 6.30. The SMILES string of the molecule is CCC(C)NC(=O)CCNc1nc(C)nc(Cl)c1C. The van der Waals surface area contributed by atoms with Crippen LogP contribution in [0.1, 0.15) is 38.1 Å². The Morgan fingerprint density at radius 1 is 1.37 bits per heavy atom. The number of carbonyl (C=O) groups is 1. The first-order chi connectivity index (χ1) is 8.93. The first kappa shape index (κ1) is 15.7. The van der Waals surface area contributed by atoms with Gasteiger partial charge in [-0.15, -0.1) is 0 Å². The minimum Gasteiger partial charge on any atom is -0.369 e. The zero-order valence-electron chi connectivity index (χ0n) is 11.9. The molecular formula is C13H21ClN4O. The Balaban J connectivity index is 2.47. The van der Waals surface area contributed by atoms with Gasteiger partial charge in [0, 0.05) is 24.6 Å². The number of anilines is 1. The van der Waals surface area contributed by atoms with Crippen LogP contribution in [0.3, 0.4) is 0 Å². The van der Waals surface area contributed by atoms with Crippen LogP contribution < -0.4 is 10.6 Å². The molecule has 0 bridgehead atoms. The maximum atomic E-state index is 11.6. The average molecular weight is 285 g/mol. The molecule has 19 heavy (non-hydrogen) atoms. The molecule has 1 amide bonds. The summed E-state index contributed by atoms with van der Waals surface area (Å²) in [5.41, 5.74) is 0.801. The van der Waals surface area contributed by atoms with Crippen molar-refractivity contribution >= 4 is 23.3 Å². The second kappa shape index (κ2) is 7.28. The van der Waals surface area contributed by atoms with Gasteiger partial charge in [-0.3, -0.25) is 4.79 Å². The minimum absolute atomic E-state index is 0.0383. The molecule has 0 radical (unpaired) electrons. The standard InChI is InChI=1S/C13H21ClN4O/c1-5-8(2)16-11(19)6-7-15-13-9(3)12(14)17-10(4)18-13/h8H,5-7H2,1-4H3,(H,16,19)(H,15,17,18). The van der Waals surface area contributed by atoms with E-state index >= 15 is 0 Å². The highest BCUT2D eigenvalue weighted by Crippen LogP contribution is 2.19. The van der Waals surface area contributed by atoms with Crippen LogP contribution in [-0.4, -0.2) is 28.5 Å². The summed E-state index contributed by atoms with van der Waals surface area (Å²) in [6, 6.07) is 0.213. The number of hydrogen-bond donors (Lipinski definition) is 2. The molecule has 6 heteroatoms. The smallest absolute Gasteiger partial charge is 0.221 e. The largest absolute Gasteiger partial charge is 0.369 e. The van der Waals surface area contributed by atoms with E-state index in [-0.39, 0.29) is 11.9 Å². The number of aryl methyl sites for hydroxylation is 1. The van der Waals surface area contributed by atoms with Crippen LogP contribution >= 0.6 is 11.6 Å².